The molecule has 0 saturated carbocycles. The van der Waals surface area contributed by atoms with Crippen LogP contribution in [0.25, 0.3) is 11.0 Å². The van der Waals surface area contributed by atoms with Gasteiger partial charge in [-0.2, -0.15) is 10.1 Å². The number of benzene rings is 1. The summed E-state index contributed by atoms with van der Waals surface area (Å²) >= 11 is 5.96. The zero-order chi connectivity index (χ0) is 15.7. The Bertz CT molecular complexity index is 868. The van der Waals surface area contributed by atoms with Gasteiger partial charge in [-0.15, -0.1) is 0 Å². The van der Waals surface area contributed by atoms with Gasteiger partial charge in [0.2, 0.25) is 5.95 Å². The third kappa shape index (κ3) is 2.82. The number of fused-ring (bicyclic) bond motifs is 1. The molecule has 2 aromatic heterocycles. The third-order valence-corrected chi connectivity index (χ3v) is 3.54. The van der Waals surface area contributed by atoms with Gasteiger partial charge >= 0.3 is 0 Å². The molecule has 0 amide bonds. The van der Waals surface area contributed by atoms with Crippen molar-refractivity contribution in [3.8, 4) is 0 Å². The largest absolute Gasteiger partial charge is 0.352 e. The summed E-state index contributed by atoms with van der Waals surface area (Å²) in [5.74, 6) is 0.417. The van der Waals surface area contributed by atoms with E-state index in [0.29, 0.717) is 28.5 Å². The molecule has 0 aliphatic carbocycles. The molecule has 22 heavy (non-hydrogen) atoms. The summed E-state index contributed by atoms with van der Waals surface area (Å²) in [4.78, 5) is 19.3. The Morgan fingerprint density at radius 3 is 2.95 bits per heavy atom. The Kier molecular flexibility index (Phi) is 3.85. The van der Waals surface area contributed by atoms with Crippen molar-refractivity contribution in [1.29, 1.82) is 0 Å². The van der Waals surface area contributed by atoms with Gasteiger partial charge in [-0.3, -0.25) is 9.78 Å². The summed E-state index contributed by atoms with van der Waals surface area (Å²) in [6.07, 6.45) is 1.54. The molecule has 0 spiro atoms. The van der Waals surface area contributed by atoms with E-state index in [1.54, 1.807) is 10.9 Å². The predicted octanol–water partition coefficient (Wildman–Crippen LogP) is 2.97. The first-order valence-electron chi connectivity index (χ1n) is 7.00. The van der Waals surface area contributed by atoms with E-state index in [1.807, 2.05) is 38.1 Å². The van der Waals surface area contributed by atoms with E-state index in [2.05, 4.69) is 20.4 Å². The van der Waals surface area contributed by atoms with Crippen LogP contribution in [0.15, 0.2) is 35.3 Å². The number of aromatic nitrogens is 4. The van der Waals surface area contributed by atoms with Gasteiger partial charge < -0.3 is 5.32 Å². The lowest BCUT2D eigenvalue weighted by Crippen LogP contribution is -2.14. The molecule has 0 saturated heterocycles. The van der Waals surface area contributed by atoms with Gasteiger partial charge in [0.25, 0.3) is 5.56 Å². The molecule has 0 aliphatic heterocycles. The molecule has 114 valence electrons. The Morgan fingerprint density at radius 2 is 2.23 bits per heavy atom. The van der Waals surface area contributed by atoms with Crippen molar-refractivity contribution >= 4 is 28.6 Å². The van der Waals surface area contributed by atoms with Gasteiger partial charge in [0, 0.05) is 17.6 Å². The molecular formula is C15H16ClN5O. The molecule has 0 fully saturated rings. The molecule has 2 heterocycles. The zero-order valence-corrected chi connectivity index (χ0v) is 13.1. The van der Waals surface area contributed by atoms with Crippen LogP contribution in [0.5, 0.6) is 0 Å². The summed E-state index contributed by atoms with van der Waals surface area (Å²) in [5.41, 5.74) is 1.38. The van der Waals surface area contributed by atoms with Crippen molar-refractivity contribution in [2.45, 2.75) is 26.4 Å². The number of aromatic amines is 1. The molecule has 3 rings (SSSR count). The van der Waals surface area contributed by atoms with Crippen molar-refractivity contribution in [1.82, 2.24) is 19.7 Å². The van der Waals surface area contributed by atoms with Crippen molar-refractivity contribution < 1.29 is 0 Å². The smallest absolute Gasteiger partial charge is 0.263 e. The van der Waals surface area contributed by atoms with Crippen molar-refractivity contribution in [3.63, 3.8) is 0 Å². The molecule has 0 atom stereocenters. The highest BCUT2D eigenvalue weighted by atomic mass is 35.5. The van der Waals surface area contributed by atoms with Crippen LogP contribution in [0.2, 0.25) is 5.02 Å². The normalized spacial score (nSPS) is 11.3. The number of anilines is 1. The summed E-state index contributed by atoms with van der Waals surface area (Å²) in [7, 11) is 0. The molecular weight excluding hydrogens is 302 g/mol. The molecule has 0 unspecified atom stereocenters. The average Bonchev–Trinajstić information content (AvgIpc) is 2.90. The Morgan fingerprint density at radius 1 is 1.41 bits per heavy atom. The predicted molar refractivity (Wildman–Crippen MR) is 87.3 cm³/mol. The highest BCUT2D eigenvalue weighted by Gasteiger charge is 2.11. The Hall–Kier alpha value is -2.34. The zero-order valence-electron chi connectivity index (χ0n) is 12.3. The molecule has 0 aliphatic rings. The third-order valence-electron chi connectivity index (χ3n) is 3.30. The van der Waals surface area contributed by atoms with E-state index in [4.69, 9.17) is 11.6 Å². The van der Waals surface area contributed by atoms with E-state index in [1.165, 1.54) is 0 Å². The van der Waals surface area contributed by atoms with Gasteiger partial charge in [-0.1, -0.05) is 23.7 Å². The lowest BCUT2D eigenvalue weighted by atomic mass is 10.2. The van der Waals surface area contributed by atoms with Crippen molar-refractivity contribution in [3.05, 3.63) is 51.4 Å². The Balaban J connectivity index is 1.91. The van der Waals surface area contributed by atoms with E-state index >= 15 is 0 Å². The minimum absolute atomic E-state index is 0.132. The lowest BCUT2D eigenvalue weighted by molar-refractivity contribution is 0.546. The van der Waals surface area contributed by atoms with Gasteiger partial charge in [0.05, 0.1) is 6.20 Å². The van der Waals surface area contributed by atoms with E-state index < -0.39 is 0 Å². The monoisotopic (exact) mass is 317 g/mol. The van der Waals surface area contributed by atoms with Gasteiger partial charge in [0.1, 0.15) is 5.39 Å². The van der Waals surface area contributed by atoms with Crippen LogP contribution in [0, 0.1) is 0 Å². The maximum atomic E-state index is 12.1. The molecule has 0 radical (unpaired) electrons. The van der Waals surface area contributed by atoms with Crippen molar-refractivity contribution in [2.24, 2.45) is 0 Å². The number of hydrogen-bond acceptors (Lipinski definition) is 4. The minimum Gasteiger partial charge on any atom is -0.352 e. The lowest BCUT2D eigenvalue weighted by Gasteiger charge is -2.08. The number of nitrogens with one attached hydrogen (secondary N) is 2. The first-order valence-corrected chi connectivity index (χ1v) is 7.38. The topological polar surface area (TPSA) is 75.6 Å². The summed E-state index contributed by atoms with van der Waals surface area (Å²) < 4.78 is 1.73. The fourth-order valence-corrected chi connectivity index (χ4v) is 2.44. The fourth-order valence-electron chi connectivity index (χ4n) is 2.23. The van der Waals surface area contributed by atoms with Crippen molar-refractivity contribution in [2.75, 3.05) is 5.32 Å². The van der Waals surface area contributed by atoms with Crippen LogP contribution in [0.1, 0.15) is 25.5 Å². The number of nitrogens with zero attached hydrogens (tertiary/aromatic N) is 3. The van der Waals surface area contributed by atoms with Crippen LogP contribution in [0.3, 0.4) is 0 Å². The first-order chi connectivity index (χ1) is 10.5. The summed E-state index contributed by atoms with van der Waals surface area (Å²) in [6, 6.07) is 7.65. The number of hydrogen-bond donors (Lipinski definition) is 2. The fraction of sp³-hybridized carbons (Fsp3) is 0.267. The number of rotatable bonds is 4. The van der Waals surface area contributed by atoms with Gasteiger partial charge in [0.15, 0.2) is 5.65 Å². The van der Waals surface area contributed by atoms with E-state index in [-0.39, 0.29) is 11.6 Å². The maximum Gasteiger partial charge on any atom is 0.263 e. The minimum atomic E-state index is -0.203. The molecule has 2 N–H and O–H groups in total. The van der Waals surface area contributed by atoms with Crippen LogP contribution in [0.4, 0.5) is 5.95 Å². The molecule has 7 heteroatoms. The second kappa shape index (κ2) is 5.81. The Labute approximate surface area is 132 Å². The average molecular weight is 318 g/mol. The molecule has 1 aromatic carbocycles. The summed E-state index contributed by atoms with van der Waals surface area (Å²) in [5, 5.41) is 8.49. The second-order valence-electron chi connectivity index (χ2n) is 5.32. The first kappa shape index (κ1) is 14.6. The quantitative estimate of drug-likeness (QED) is 0.775. The SMILES string of the molecule is CC(C)n1ncc2c(=O)[nH]c(NCc3cccc(Cl)c3)nc21. The number of halogens is 1. The maximum absolute atomic E-state index is 12.1. The van der Waals surface area contributed by atoms with Crippen LogP contribution in [-0.4, -0.2) is 19.7 Å². The van der Waals surface area contributed by atoms with E-state index in [9.17, 15) is 4.79 Å². The van der Waals surface area contributed by atoms with Gasteiger partial charge in [-0.25, -0.2) is 4.68 Å². The van der Waals surface area contributed by atoms with Crippen LogP contribution in [-0.2, 0) is 6.54 Å². The van der Waals surface area contributed by atoms with Crippen LogP contribution < -0.4 is 10.9 Å². The molecule has 3 aromatic rings. The molecule has 6 nitrogen and oxygen atoms in total. The highest BCUT2D eigenvalue weighted by molar-refractivity contribution is 6.30. The number of H-pyrrole nitrogens is 1. The van der Waals surface area contributed by atoms with Gasteiger partial charge in [-0.05, 0) is 31.5 Å². The van der Waals surface area contributed by atoms with Crippen LogP contribution >= 0.6 is 11.6 Å². The second-order valence-corrected chi connectivity index (χ2v) is 5.75. The van der Waals surface area contributed by atoms with E-state index in [0.717, 1.165) is 5.56 Å². The summed E-state index contributed by atoms with van der Waals surface area (Å²) in [6.45, 7) is 4.51. The highest BCUT2D eigenvalue weighted by Crippen LogP contribution is 2.15. The molecule has 0 bridgehead atoms. The standard InChI is InChI=1S/C15H16ClN5O/c1-9(2)21-13-12(8-18-21)14(22)20-15(19-13)17-7-10-4-3-5-11(16)6-10/h3-6,8-9H,7H2,1-2H3,(H2,17,19,20,22).